The molecule has 0 radical (unpaired) electrons. The fourth-order valence-corrected chi connectivity index (χ4v) is 2.87. The summed E-state index contributed by atoms with van der Waals surface area (Å²) in [6.45, 7) is 2.59. The lowest BCUT2D eigenvalue weighted by Crippen LogP contribution is -2.56. The number of urea groups is 1. The van der Waals surface area contributed by atoms with Gasteiger partial charge in [-0.25, -0.2) is 9.59 Å². The molecule has 0 aromatic rings. The Bertz CT molecular complexity index is 357. The second kappa shape index (κ2) is 5.77. The summed E-state index contributed by atoms with van der Waals surface area (Å²) in [5, 5.41) is 18.4. The van der Waals surface area contributed by atoms with Crippen molar-refractivity contribution in [2.45, 2.75) is 44.7 Å². The standard InChI is InChI=1S/C13H22N2O4/c1-9-3-2-6-15(11(9)12(17)18)13(19)14(7-8-16)10-4-5-10/h9-11,16H,2-8H2,1H3,(H,17,18). The summed E-state index contributed by atoms with van der Waals surface area (Å²) >= 11 is 0. The molecule has 0 spiro atoms. The number of carboxylic acid groups (broad SMARTS) is 1. The van der Waals surface area contributed by atoms with Gasteiger partial charge in [-0.1, -0.05) is 6.92 Å². The first kappa shape index (κ1) is 14.1. The van der Waals surface area contributed by atoms with E-state index >= 15 is 0 Å². The lowest BCUT2D eigenvalue weighted by atomic mass is 9.91. The molecule has 2 rings (SSSR count). The van der Waals surface area contributed by atoms with Crippen molar-refractivity contribution in [1.29, 1.82) is 0 Å². The maximum Gasteiger partial charge on any atom is 0.326 e. The predicted octanol–water partition coefficient (Wildman–Crippen LogP) is 0.748. The van der Waals surface area contributed by atoms with Gasteiger partial charge < -0.3 is 20.0 Å². The minimum Gasteiger partial charge on any atom is -0.480 e. The SMILES string of the molecule is CC1CCCN(C(=O)N(CCO)C2CC2)C1C(=O)O. The maximum atomic E-state index is 12.5. The Morgan fingerprint density at radius 2 is 2.00 bits per heavy atom. The van der Waals surface area contributed by atoms with Crippen LogP contribution in [-0.2, 0) is 4.79 Å². The third kappa shape index (κ3) is 3.00. The van der Waals surface area contributed by atoms with Gasteiger partial charge in [-0.05, 0) is 31.6 Å². The fourth-order valence-electron chi connectivity index (χ4n) is 2.87. The first-order valence-electron chi connectivity index (χ1n) is 6.97. The van der Waals surface area contributed by atoms with E-state index in [1.165, 1.54) is 4.90 Å². The summed E-state index contributed by atoms with van der Waals surface area (Å²) in [7, 11) is 0. The normalized spacial score (nSPS) is 27.2. The van der Waals surface area contributed by atoms with Crippen LogP contribution in [0, 0.1) is 5.92 Å². The Labute approximate surface area is 113 Å². The highest BCUT2D eigenvalue weighted by molar-refractivity contribution is 5.83. The maximum absolute atomic E-state index is 12.5. The Balaban J connectivity index is 2.12. The largest absolute Gasteiger partial charge is 0.480 e. The van der Waals surface area contributed by atoms with E-state index in [9.17, 15) is 14.7 Å². The van der Waals surface area contributed by atoms with Gasteiger partial charge in [0.25, 0.3) is 0 Å². The lowest BCUT2D eigenvalue weighted by molar-refractivity contribution is -0.145. The third-order valence-electron chi connectivity index (χ3n) is 4.01. The Kier molecular flexibility index (Phi) is 4.29. The van der Waals surface area contributed by atoms with E-state index in [0.29, 0.717) is 13.1 Å². The molecular formula is C13H22N2O4. The van der Waals surface area contributed by atoms with E-state index in [1.807, 2.05) is 6.92 Å². The zero-order valence-electron chi connectivity index (χ0n) is 11.3. The van der Waals surface area contributed by atoms with Crippen molar-refractivity contribution in [1.82, 2.24) is 9.80 Å². The molecule has 1 heterocycles. The number of amides is 2. The number of rotatable bonds is 4. The number of aliphatic hydroxyl groups is 1. The average molecular weight is 270 g/mol. The number of carbonyl (C=O) groups is 2. The van der Waals surface area contributed by atoms with Crippen LogP contribution in [0.25, 0.3) is 0 Å². The van der Waals surface area contributed by atoms with Crippen molar-refractivity contribution in [3.8, 4) is 0 Å². The second-order valence-electron chi connectivity index (χ2n) is 5.53. The van der Waals surface area contributed by atoms with Gasteiger partial charge in [0, 0.05) is 19.1 Å². The number of aliphatic carboxylic acids is 1. The topological polar surface area (TPSA) is 81.1 Å². The molecule has 2 aliphatic rings. The number of likely N-dealkylation sites (tertiary alicyclic amines) is 1. The molecule has 1 aliphatic heterocycles. The smallest absolute Gasteiger partial charge is 0.326 e. The van der Waals surface area contributed by atoms with Gasteiger partial charge >= 0.3 is 12.0 Å². The molecule has 108 valence electrons. The van der Waals surface area contributed by atoms with E-state index in [4.69, 9.17) is 5.11 Å². The Morgan fingerprint density at radius 3 is 2.53 bits per heavy atom. The summed E-state index contributed by atoms with van der Waals surface area (Å²) in [6, 6.07) is -0.775. The number of piperidine rings is 1. The molecule has 2 N–H and O–H groups in total. The zero-order valence-corrected chi connectivity index (χ0v) is 11.3. The van der Waals surface area contributed by atoms with Crippen LogP contribution in [0.5, 0.6) is 0 Å². The molecule has 6 heteroatoms. The molecule has 0 aromatic carbocycles. The first-order valence-corrected chi connectivity index (χ1v) is 6.97. The highest BCUT2D eigenvalue weighted by Crippen LogP contribution is 2.30. The summed E-state index contributed by atoms with van der Waals surface area (Å²) in [6.07, 6.45) is 3.58. The van der Waals surface area contributed by atoms with Gasteiger partial charge in [0.05, 0.1) is 6.61 Å². The monoisotopic (exact) mass is 270 g/mol. The molecule has 6 nitrogen and oxygen atoms in total. The van der Waals surface area contributed by atoms with Gasteiger partial charge in [-0.2, -0.15) is 0 Å². The van der Waals surface area contributed by atoms with Crippen LogP contribution in [0.4, 0.5) is 4.79 Å². The summed E-state index contributed by atoms with van der Waals surface area (Å²) in [5.74, 6) is -0.953. The summed E-state index contributed by atoms with van der Waals surface area (Å²) in [5.41, 5.74) is 0. The number of hydrogen-bond donors (Lipinski definition) is 2. The van der Waals surface area contributed by atoms with Crippen molar-refractivity contribution in [3.63, 3.8) is 0 Å². The highest BCUT2D eigenvalue weighted by Gasteiger charge is 2.41. The molecule has 2 fully saturated rings. The number of carboxylic acids is 1. The van der Waals surface area contributed by atoms with E-state index in [1.54, 1.807) is 4.90 Å². The molecule has 2 unspecified atom stereocenters. The van der Waals surface area contributed by atoms with Gasteiger partial charge in [-0.15, -0.1) is 0 Å². The first-order chi connectivity index (χ1) is 9.06. The average Bonchev–Trinajstić information content (AvgIpc) is 3.18. The molecule has 1 saturated carbocycles. The Hall–Kier alpha value is -1.30. The number of carbonyl (C=O) groups excluding carboxylic acids is 1. The van der Waals surface area contributed by atoms with Gasteiger partial charge in [-0.3, -0.25) is 0 Å². The number of hydrogen-bond acceptors (Lipinski definition) is 3. The van der Waals surface area contributed by atoms with Gasteiger partial charge in [0.1, 0.15) is 6.04 Å². The van der Waals surface area contributed by atoms with E-state index in [-0.39, 0.29) is 24.6 Å². The fraction of sp³-hybridized carbons (Fsp3) is 0.846. The molecule has 1 aliphatic carbocycles. The van der Waals surface area contributed by atoms with Crippen LogP contribution in [0.3, 0.4) is 0 Å². The number of aliphatic hydroxyl groups excluding tert-OH is 1. The molecule has 1 saturated heterocycles. The minimum atomic E-state index is -0.930. The summed E-state index contributed by atoms with van der Waals surface area (Å²) in [4.78, 5) is 27.0. The quantitative estimate of drug-likeness (QED) is 0.790. The second-order valence-corrected chi connectivity index (χ2v) is 5.53. The molecule has 19 heavy (non-hydrogen) atoms. The van der Waals surface area contributed by atoms with Crippen molar-refractivity contribution < 1.29 is 19.8 Å². The van der Waals surface area contributed by atoms with Crippen LogP contribution in [0.15, 0.2) is 0 Å². The Morgan fingerprint density at radius 1 is 1.32 bits per heavy atom. The van der Waals surface area contributed by atoms with Crippen LogP contribution in [0.1, 0.15) is 32.6 Å². The molecular weight excluding hydrogens is 248 g/mol. The third-order valence-corrected chi connectivity index (χ3v) is 4.01. The van der Waals surface area contributed by atoms with Crippen LogP contribution >= 0.6 is 0 Å². The zero-order chi connectivity index (χ0) is 14.0. The molecule has 2 atom stereocenters. The van der Waals surface area contributed by atoms with E-state index in [2.05, 4.69) is 0 Å². The van der Waals surface area contributed by atoms with Crippen molar-refractivity contribution in [2.24, 2.45) is 5.92 Å². The van der Waals surface area contributed by atoms with Crippen molar-refractivity contribution >= 4 is 12.0 Å². The lowest BCUT2D eigenvalue weighted by Gasteiger charge is -2.40. The highest BCUT2D eigenvalue weighted by atomic mass is 16.4. The minimum absolute atomic E-state index is 0.0228. The van der Waals surface area contributed by atoms with Crippen LogP contribution in [0.2, 0.25) is 0 Å². The van der Waals surface area contributed by atoms with Crippen molar-refractivity contribution in [3.05, 3.63) is 0 Å². The molecule has 2 amide bonds. The van der Waals surface area contributed by atoms with E-state index in [0.717, 1.165) is 25.7 Å². The van der Waals surface area contributed by atoms with Crippen LogP contribution in [-0.4, -0.2) is 63.8 Å². The van der Waals surface area contributed by atoms with Gasteiger partial charge in [0.15, 0.2) is 0 Å². The summed E-state index contributed by atoms with van der Waals surface area (Å²) < 4.78 is 0. The van der Waals surface area contributed by atoms with Gasteiger partial charge in [0.2, 0.25) is 0 Å². The van der Waals surface area contributed by atoms with Crippen molar-refractivity contribution in [2.75, 3.05) is 19.7 Å². The van der Waals surface area contributed by atoms with E-state index < -0.39 is 12.0 Å². The predicted molar refractivity (Wildman–Crippen MR) is 68.7 cm³/mol. The number of nitrogens with zero attached hydrogens (tertiary/aromatic N) is 2. The van der Waals surface area contributed by atoms with Crippen LogP contribution < -0.4 is 0 Å². The molecule has 0 aromatic heterocycles. The molecule has 0 bridgehead atoms.